The van der Waals surface area contributed by atoms with E-state index in [1.807, 2.05) is 24.3 Å². The molecule has 5 nitrogen and oxygen atoms in total. The van der Waals surface area contributed by atoms with Gasteiger partial charge in [-0.3, -0.25) is 4.79 Å². The summed E-state index contributed by atoms with van der Waals surface area (Å²) in [7, 11) is 1.59. The first-order valence-electron chi connectivity index (χ1n) is 8.05. The summed E-state index contributed by atoms with van der Waals surface area (Å²) in [6.45, 7) is 1.24. The summed E-state index contributed by atoms with van der Waals surface area (Å²) in [5, 5.41) is 0.665. The zero-order chi connectivity index (χ0) is 19.4. The van der Waals surface area contributed by atoms with E-state index in [0.717, 1.165) is 17.4 Å². The van der Waals surface area contributed by atoms with Crippen LogP contribution in [0.1, 0.15) is 25.7 Å². The summed E-state index contributed by atoms with van der Waals surface area (Å²) in [5.74, 6) is -0.896. The molecule has 0 amide bonds. The number of methoxy groups -OCH3 is 1. The SMILES string of the molecule is COc1ccc(-c2nc(C)c(C(=O)OCC(=O)c3cccc(F)c3)s2)cc1. The van der Waals surface area contributed by atoms with Crippen LogP contribution in [-0.2, 0) is 4.74 Å². The molecular weight excluding hydrogens is 369 g/mol. The van der Waals surface area contributed by atoms with Crippen molar-refractivity contribution in [2.75, 3.05) is 13.7 Å². The van der Waals surface area contributed by atoms with E-state index < -0.39 is 24.2 Å². The van der Waals surface area contributed by atoms with Gasteiger partial charge in [-0.25, -0.2) is 14.2 Å². The summed E-state index contributed by atoms with van der Waals surface area (Å²) in [6.07, 6.45) is 0. The third-order valence-electron chi connectivity index (χ3n) is 3.80. The maximum atomic E-state index is 13.2. The molecule has 7 heteroatoms. The Morgan fingerprint density at radius 3 is 2.56 bits per heavy atom. The number of ether oxygens (including phenoxy) is 2. The topological polar surface area (TPSA) is 65.5 Å². The van der Waals surface area contributed by atoms with E-state index in [9.17, 15) is 14.0 Å². The Morgan fingerprint density at radius 1 is 1.15 bits per heavy atom. The molecule has 3 rings (SSSR count). The van der Waals surface area contributed by atoms with Crippen LogP contribution in [0.3, 0.4) is 0 Å². The molecule has 0 N–H and O–H groups in total. The molecule has 1 heterocycles. The Labute approximate surface area is 159 Å². The number of halogens is 1. The van der Waals surface area contributed by atoms with Crippen LogP contribution in [0.25, 0.3) is 10.6 Å². The lowest BCUT2D eigenvalue weighted by Gasteiger charge is -2.03. The normalized spacial score (nSPS) is 10.5. The lowest BCUT2D eigenvalue weighted by molar-refractivity contribution is 0.0478. The molecule has 0 atom stereocenters. The van der Waals surface area contributed by atoms with E-state index in [4.69, 9.17) is 9.47 Å². The second kappa shape index (κ2) is 8.09. The minimum absolute atomic E-state index is 0.155. The van der Waals surface area contributed by atoms with Crippen LogP contribution in [0.15, 0.2) is 48.5 Å². The van der Waals surface area contributed by atoms with E-state index in [0.29, 0.717) is 15.6 Å². The Kier molecular flexibility index (Phi) is 5.61. The number of thiazole rings is 1. The van der Waals surface area contributed by atoms with Gasteiger partial charge in [-0.05, 0) is 43.3 Å². The third kappa shape index (κ3) is 4.38. The van der Waals surface area contributed by atoms with Gasteiger partial charge in [0.15, 0.2) is 12.4 Å². The Bertz CT molecular complexity index is 982. The molecule has 0 saturated carbocycles. The highest BCUT2D eigenvalue weighted by molar-refractivity contribution is 7.17. The van der Waals surface area contributed by atoms with Gasteiger partial charge in [-0.1, -0.05) is 12.1 Å². The molecule has 0 spiro atoms. The Hall–Kier alpha value is -3.06. The molecule has 0 fully saturated rings. The summed E-state index contributed by atoms with van der Waals surface area (Å²) < 4.78 is 23.4. The molecule has 0 bridgehead atoms. The number of Topliss-reactive ketones (excluding diaryl/α,β-unsaturated/α-hetero) is 1. The summed E-state index contributed by atoms with van der Waals surface area (Å²) in [6, 6.07) is 12.6. The number of benzene rings is 2. The maximum absolute atomic E-state index is 13.2. The minimum Gasteiger partial charge on any atom is -0.497 e. The number of carbonyl (C=O) groups excluding carboxylic acids is 2. The molecule has 2 aromatic carbocycles. The highest BCUT2D eigenvalue weighted by atomic mass is 32.1. The first kappa shape index (κ1) is 18.7. The van der Waals surface area contributed by atoms with Crippen molar-refractivity contribution in [1.29, 1.82) is 0 Å². The van der Waals surface area contributed by atoms with Gasteiger partial charge >= 0.3 is 5.97 Å². The van der Waals surface area contributed by atoms with Crippen molar-refractivity contribution in [3.63, 3.8) is 0 Å². The highest BCUT2D eigenvalue weighted by Gasteiger charge is 2.19. The lowest BCUT2D eigenvalue weighted by atomic mass is 10.1. The van der Waals surface area contributed by atoms with Crippen LogP contribution >= 0.6 is 11.3 Å². The van der Waals surface area contributed by atoms with Crippen LogP contribution in [0, 0.1) is 12.7 Å². The van der Waals surface area contributed by atoms with Crippen LogP contribution < -0.4 is 4.74 Å². The number of hydrogen-bond donors (Lipinski definition) is 0. The number of nitrogens with zero attached hydrogens (tertiary/aromatic N) is 1. The third-order valence-corrected chi connectivity index (χ3v) is 4.99. The van der Waals surface area contributed by atoms with Gasteiger partial charge in [0.2, 0.25) is 0 Å². The van der Waals surface area contributed by atoms with Gasteiger partial charge in [-0.2, -0.15) is 0 Å². The van der Waals surface area contributed by atoms with Gasteiger partial charge in [0.25, 0.3) is 0 Å². The number of hydrogen-bond acceptors (Lipinski definition) is 6. The van der Waals surface area contributed by atoms with Crippen molar-refractivity contribution in [1.82, 2.24) is 4.98 Å². The van der Waals surface area contributed by atoms with Crippen LogP contribution in [0.4, 0.5) is 4.39 Å². The predicted molar refractivity (Wildman–Crippen MR) is 99.9 cm³/mol. The van der Waals surface area contributed by atoms with Crippen LogP contribution in [0.2, 0.25) is 0 Å². The second-order valence-corrected chi connectivity index (χ2v) is 6.67. The van der Waals surface area contributed by atoms with E-state index >= 15 is 0 Å². The first-order valence-corrected chi connectivity index (χ1v) is 8.87. The van der Waals surface area contributed by atoms with Crippen molar-refractivity contribution >= 4 is 23.1 Å². The van der Waals surface area contributed by atoms with Gasteiger partial charge in [0.05, 0.1) is 12.8 Å². The van der Waals surface area contributed by atoms with Gasteiger partial charge in [0.1, 0.15) is 21.5 Å². The first-order chi connectivity index (χ1) is 13.0. The summed E-state index contributed by atoms with van der Waals surface area (Å²) in [5.41, 5.74) is 1.52. The van der Waals surface area contributed by atoms with E-state index in [1.165, 1.54) is 29.5 Å². The number of ketones is 1. The fourth-order valence-electron chi connectivity index (χ4n) is 2.38. The molecule has 27 heavy (non-hydrogen) atoms. The summed E-state index contributed by atoms with van der Waals surface area (Å²) in [4.78, 5) is 29.1. The van der Waals surface area contributed by atoms with Crippen LogP contribution in [0.5, 0.6) is 5.75 Å². The second-order valence-electron chi connectivity index (χ2n) is 5.67. The van der Waals surface area contributed by atoms with Crippen molar-refractivity contribution < 1.29 is 23.5 Å². The number of aromatic nitrogens is 1. The molecular formula is C20H16FNO4S. The predicted octanol–water partition coefficient (Wildman–Crippen LogP) is 4.31. The average molecular weight is 385 g/mol. The van der Waals surface area contributed by atoms with Gasteiger partial charge < -0.3 is 9.47 Å². The molecule has 1 aromatic heterocycles. The maximum Gasteiger partial charge on any atom is 0.350 e. The monoisotopic (exact) mass is 385 g/mol. The van der Waals surface area contributed by atoms with Crippen molar-refractivity contribution in [2.24, 2.45) is 0 Å². The highest BCUT2D eigenvalue weighted by Crippen LogP contribution is 2.29. The quantitative estimate of drug-likeness (QED) is 0.467. The fraction of sp³-hybridized carbons (Fsp3) is 0.150. The average Bonchev–Trinajstić information content (AvgIpc) is 3.07. The Balaban J connectivity index is 1.69. The largest absolute Gasteiger partial charge is 0.497 e. The van der Waals surface area contributed by atoms with Gasteiger partial charge in [-0.15, -0.1) is 11.3 Å². The summed E-state index contributed by atoms with van der Waals surface area (Å²) >= 11 is 1.19. The van der Waals surface area contributed by atoms with E-state index in [1.54, 1.807) is 14.0 Å². The Morgan fingerprint density at radius 2 is 1.89 bits per heavy atom. The minimum atomic E-state index is -0.630. The lowest BCUT2D eigenvalue weighted by Crippen LogP contribution is -2.14. The number of esters is 1. The van der Waals surface area contributed by atoms with Crippen LogP contribution in [-0.4, -0.2) is 30.5 Å². The van der Waals surface area contributed by atoms with Gasteiger partial charge in [0, 0.05) is 11.1 Å². The molecule has 138 valence electrons. The smallest absolute Gasteiger partial charge is 0.350 e. The zero-order valence-corrected chi connectivity index (χ0v) is 15.5. The van der Waals surface area contributed by atoms with Crippen molar-refractivity contribution in [3.8, 4) is 16.3 Å². The zero-order valence-electron chi connectivity index (χ0n) is 14.7. The van der Waals surface area contributed by atoms with Crippen molar-refractivity contribution in [3.05, 3.63) is 70.5 Å². The number of carbonyl (C=O) groups is 2. The van der Waals surface area contributed by atoms with E-state index in [-0.39, 0.29) is 5.56 Å². The fourth-order valence-corrected chi connectivity index (χ4v) is 3.35. The molecule has 0 saturated heterocycles. The number of aryl methyl sites for hydroxylation is 1. The molecule has 0 aliphatic heterocycles. The van der Waals surface area contributed by atoms with E-state index in [2.05, 4.69) is 4.98 Å². The number of rotatable bonds is 6. The molecule has 3 aromatic rings. The molecule has 0 unspecified atom stereocenters. The molecule has 0 radical (unpaired) electrons. The molecule has 0 aliphatic carbocycles. The standard InChI is InChI=1S/C20H16FNO4S/c1-12-18(27-19(22-12)13-6-8-16(25-2)9-7-13)20(24)26-11-17(23)14-4-3-5-15(21)10-14/h3-10H,11H2,1-2H3. The van der Waals surface area contributed by atoms with Crippen molar-refractivity contribution in [2.45, 2.75) is 6.92 Å². The molecule has 0 aliphatic rings.